The molecule has 2 aromatic heterocycles. The fourth-order valence-electron chi connectivity index (χ4n) is 6.50. The number of rotatable bonds is 7. The highest BCUT2D eigenvalue weighted by atomic mass is 32.2. The molecular formula is C31H33FN6O4S3. The minimum atomic E-state index is -4.08. The van der Waals surface area contributed by atoms with Gasteiger partial charge in [0.05, 0.1) is 43.4 Å². The lowest BCUT2D eigenvalue weighted by Gasteiger charge is -2.53. The van der Waals surface area contributed by atoms with E-state index in [4.69, 9.17) is 9.97 Å². The molecule has 2 aromatic carbocycles. The number of nitrogens with zero attached hydrogens (tertiary/aromatic N) is 3. The topological polar surface area (TPSA) is 143 Å². The molecule has 0 unspecified atom stereocenters. The summed E-state index contributed by atoms with van der Waals surface area (Å²) in [7, 11) is -6.98. The van der Waals surface area contributed by atoms with Crippen molar-refractivity contribution in [3.05, 3.63) is 65.0 Å². The SMILES string of the molecule is CC(C)(C)c1nc(-c2cccc(NS(=O)(=O)c3cccc4c3CCN4)c2F)c(-c2ccnc(NC3CC4(C3)CS(=O)(=O)C4)n2)s1. The molecule has 10 nitrogen and oxygen atoms in total. The zero-order valence-electron chi connectivity index (χ0n) is 25.0. The molecule has 3 aliphatic rings. The first kappa shape index (κ1) is 30.1. The van der Waals surface area contributed by atoms with E-state index in [-0.39, 0.29) is 44.5 Å². The number of benzene rings is 2. The van der Waals surface area contributed by atoms with Crippen molar-refractivity contribution in [3.63, 3.8) is 0 Å². The van der Waals surface area contributed by atoms with Crippen LogP contribution in [0.5, 0.6) is 0 Å². The normalized spacial score (nSPS) is 18.5. The Kier molecular flexibility index (Phi) is 6.99. The van der Waals surface area contributed by atoms with Crippen LogP contribution in [0.4, 0.5) is 21.7 Å². The molecule has 45 heavy (non-hydrogen) atoms. The van der Waals surface area contributed by atoms with Crippen molar-refractivity contribution < 1.29 is 21.2 Å². The van der Waals surface area contributed by atoms with Gasteiger partial charge in [0, 0.05) is 40.9 Å². The quantitative estimate of drug-likeness (QED) is 0.234. The molecule has 14 heteroatoms. The molecule has 4 heterocycles. The van der Waals surface area contributed by atoms with E-state index in [0.717, 1.165) is 23.5 Å². The number of anilines is 3. The molecule has 0 atom stereocenters. The van der Waals surface area contributed by atoms with Gasteiger partial charge < -0.3 is 10.6 Å². The van der Waals surface area contributed by atoms with Gasteiger partial charge in [-0.3, -0.25) is 4.72 Å². The zero-order valence-corrected chi connectivity index (χ0v) is 27.5. The molecule has 2 aliphatic heterocycles. The van der Waals surface area contributed by atoms with Crippen molar-refractivity contribution in [2.75, 3.05) is 33.4 Å². The summed E-state index contributed by atoms with van der Waals surface area (Å²) in [5.74, 6) is 0.147. The van der Waals surface area contributed by atoms with E-state index in [1.54, 1.807) is 30.5 Å². The number of thiazole rings is 1. The summed E-state index contributed by atoms with van der Waals surface area (Å²) in [6, 6.07) is 11.4. The number of fused-ring (bicyclic) bond motifs is 1. The van der Waals surface area contributed by atoms with Gasteiger partial charge in [-0.2, -0.15) is 0 Å². The Morgan fingerprint density at radius 3 is 2.56 bits per heavy atom. The van der Waals surface area contributed by atoms with E-state index in [1.807, 2.05) is 26.8 Å². The van der Waals surface area contributed by atoms with Gasteiger partial charge in [0.1, 0.15) is 0 Å². The average molecular weight is 669 g/mol. The van der Waals surface area contributed by atoms with Crippen molar-refractivity contribution in [1.82, 2.24) is 15.0 Å². The molecule has 1 saturated carbocycles. The van der Waals surface area contributed by atoms with Crippen LogP contribution in [0, 0.1) is 11.2 Å². The van der Waals surface area contributed by atoms with Crippen LogP contribution in [0.3, 0.4) is 0 Å². The van der Waals surface area contributed by atoms with Crippen molar-refractivity contribution in [3.8, 4) is 21.8 Å². The zero-order chi connectivity index (χ0) is 31.8. The molecule has 0 amide bonds. The number of aromatic nitrogens is 3. The minimum Gasteiger partial charge on any atom is -0.384 e. The molecule has 2 fully saturated rings. The Bertz CT molecular complexity index is 2040. The number of sulfonamides is 1. The first-order valence-corrected chi connectivity index (χ1v) is 18.8. The summed E-state index contributed by atoms with van der Waals surface area (Å²) in [6.07, 6.45) is 3.68. The first-order valence-electron chi connectivity index (χ1n) is 14.7. The number of sulfone groups is 1. The molecule has 7 rings (SSSR count). The van der Waals surface area contributed by atoms with Gasteiger partial charge in [0.15, 0.2) is 15.7 Å². The standard InChI is InChI=1S/C31H33FN6O4S3/c1-30(2,3)28-37-26(27(43-28)23-11-13-34-29(36-23)35-18-14-31(15-18)16-44(39,40)17-31)20-6-4-8-22(25(20)32)38-45(41,42)24-9-5-7-21-19(24)10-12-33-21/h4-9,11,13,18,33,38H,10,12,14-17H2,1-3H3,(H,34,35,36). The maximum absolute atomic E-state index is 16.3. The van der Waals surface area contributed by atoms with Gasteiger partial charge in [-0.25, -0.2) is 36.2 Å². The second kappa shape index (κ2) is 10.5. The van der Waals surface area contributed by atoms with Gasteiger partial charge >= 0.3 is 0 Å². The van der Waals surface area contributed by atoms with Gasteiger partial charge in [0.25, 0.3) is 10.0 Å². The average Bonchev–Trinajstić information content (AvgIpc) is 3.60. The van der Waals surface area contributed by atoms with E-state index in [9.17, 15) is 16.8 Å². The van der Waals surface area contributed by atoms with Gasteiger partial charge in [-0.05, 0) is 55.2 Å². The summed E-state index contributed by atoms with van der Waals surface area (Å²) in [5.41, 5.74) is 1.87. The van der Waals surface area contributed by atoms with Crippen LogP contribution >= 0.6 is 11.3 Å². The van der Waals surface area contributed by atoms with Crippen molar-refractivity contribution >= 4 is 48.5 Å². The molecule has 3 N–H and O–H groups in total. The lowest BCUT2D eigenvalue weighted by molar-refractivity contribution is 0.153. The van der Waals surface area contributed by atoms with E-state index < -0.39 is 25.7 Å². The highest BCUT2D eigenvalue weighted by Gasteiger charge is 2.56. The molecule has 0 bridgehead atoms. The third kappa shape index (κ3) is 5.57. The van der Waals surface area contributed by atoms with Gasteiger partial charge in [0.2, 0.25) is 5.95 Å². The predicted octanol–water partition coefficient (Wildman–Crippen LogP) is 5.46. The number of hydrogen-bond acceptors (Lipinski definition) is 10. The number of nitrogens with one attached hydrogen (secondary N) is 3. The van der Waals surface area contributed by atoms with Gasteiger partial charge in [-0.15, -0.1) is 11.3 Å². The lowest BCUT2D eigenvalue weighted by atomic mass is 9.67. The molecule has 1 spiro atoms. The number of halogens is 1. The Labute approximate surface area is 265 Å². The third-order valence-electron chi connectivity index (χ3n) is 8.51. The first-order chi connectivity index (χ1) is 21.2. The Balaban J connectivity index is 1.21. The predicted molar refractivity (Wildman–Crippen MR) is 174 cm³/mol. The Morgan fingerprint density at radius 1 is 1.07 bits per heavy atom. The molecule has 4 aromatic rings. The van der Waals surface area contributed by atoms with E-state index >= 15 is 4.39 Å². The van der Waals surface area contributed by atoms with Crippen LogP contribution in [-0.2, 0) is 31.7 Å². The summed E-state index contributed by atoms with van der Waals surface area (Å²) in [5, 5.41) is 7.27. The molecular weight excluding hydrogens is 636 g/mol. The fourth-order valence-corrected chi connectivity index (χ4v) is 11.2. The Morgan fingerprint density at radius 2 is 1.82 bits per heavy atom. The van der Waals surface area contributed by atoms with Crippen LogP contribution in [-0.4, -0.2) is 55.9 Å². The van der Waals surface area contributed by atoms with Gasteiger partial charge in [-0.1, -0.05) is 32.9 Å². The summed E-state index contributed by atoms with van der Waals surface area (Å²) >= 11 is 1.40. The van der Waals surface area contributed by atoms with Crippen LogP contribution < -0.4 is 15.4 Å². The largest absolute Gasteiger partial charge is 0.384 e. The van der Waals surface area contributed by atoms with E-state index in [0.29, 0.717) is 40.7 Å². The lowest BCUT2D eigenvalue weighted by Crippen LogP contribution is -2.60. The maximum Gasteiger partial charge on any atom is 0.262 e. The number of hydrogen-bond donors (Lipinski definition) is 3. The molecule has 1 saturated heterocycles. The molecule has 1 aliphatic carbocycles. The van der Waals surface area contributed by atoms with Crippen LogP contribution in [0.1, 0.15) is 44.2 Å². The van der Waals surface area contributed by atoms with Crippen LogP contribution in [0.15, 0.2) is 53.6 Å². The van der Waals surface area contributed by atoms with Crippen molar-refractivity contribution in [2.24, 2.45) is 5.41 Å². The Hall–Kier alpha value is -3.62. The summed E-state index contributed by atoms with van der Waals surface area (Å²) in [6.45, 7) is 6.70. The van der Waals surface area contributed by atoms with E-state index in [2.05, 4.69) is 20.3 Å². The summed E-state index contributed by atoms with van der Waals surface area (Å²) < 4.78 is 69.1. The molecule has 236 valence electrons. The highest BCUT2D eigenvalue weighted by Crippen LogP contribution is 2.50. The van der Waals surface area contributed by atoms with Crippen LogP contribution in [0.2, 0.25) is 0 Å². The smallest absolute Gasteiger partial charge is 0.262 e. The maximum atomic E-state index is 16.3. The monoisotopic (exact) mass is 668 g/mol. The van der Waals surface area contributed by atoms with Crippen molar-refractivity contribution in [1.29, 1.82) is 0 Å². The molecule has 0 radical (unpaired) electrons. The second-order valence-electron chi connectivity index (χ2n) is 13.2. The van der Waals surface area contributed by atoms with E-state index in [1.165, 1.54) is 23.5 Å². The van der Waals surface area contributed by atoms with Crippen molar-refractivity contribution in [2.45, 2.75) is 56.4 Å². The third-order valence-corrected chi connectivity index (χ3v) is 13.6. The highest BCUT2D eigenvalue weighted by molar-refractivity contribution is 7.93. The minimum absolute atomic E-state index is 0.0746. The second-order valence-corrected chi connectivity index (χ2v) is 17.9. The van der Waals surface area contributed by atoms with Crippen LogP contribution in [0.25, 0.3) is 21.8 Å². The summed E-state index contributed by atoms with van der Waals surface area (Å²) in [4.78, 5) is 14.7. The fraction of sp³-hybridized carbons (Fsp3) is 0.387.